The van der Waals surface area contributed by atoms with E-state index in [1.54, 1.807) is 13.3 Å². The summed E-state index contributed by atoms with van der Waals surface area (Å²) in [6, 6.07) is 3.84. The SMILES string of the molecule is COCCNc1ncccc1CN. The zero-order valence-electron chi connectivity index (χ0n) is 7.79. The number of rotatable bonds is 5. The van der Waals surface area contributed by atoms with Crippen molar-refractivity contribution in [3.8, 4) is 0 Å². The molecule has 13 heavy (non-hydrogen) atoms. The Morgan fingerprint density at radius 3 is 3.15 bits per heavy atom. The Balaban J connectivity index is 2.54. The highest BCUT2D eigenvalue weighted by atomic mass is 16.5. The lowest BCUT2D eigenvalue weighted by Crippen LogP contribution is -2.11. The molecule has 0 saturated carbocycles. The second kappa shape index (κ2) is 5.50. The summed E-state index contributed by atoms with van der Waals surface area (Å²) in [5.74, 6) is 0.849. The molecule has 1 heterocycles. The molecule has 0 bridgehead atoms. The molecule has 0 fully saturated rings. The minimum atomic E-state index is 0.503. The van der Waals surface area contributed by atoms with Gasteiger partial charge < -0.3 is 15.8 Å². The summed E-state index contributed by atoms with van der Waals surface area (Å²) in [5, 5.41) is 3.15. The number of pyridine rings is 1. The number of ether oxygens (including phenoxy) is 1. The quantitative estimate of drug-likeness (QED) is 0.653. The number of hydrogen-bond donors (Lipinski definition) is 2. The predicted octanol–water partition coefficient (Wildman–Crippen LogP) is 0.599. The number of nitrogens with one attached hydrogen (secondary N) is 1. The van der Waals surface area contributed by atoms with Crippen molar-refractivity contribution in [1.82, 2.24) is 4.98 Å². The van der Waals surface area contributed by atoms with Gasteiger partial charge in [-0.05, 0) is 6.07 Å². The first-order valence-electron chi connectivity index (χ1n) is 4.25. The fraction of sp³-hybridized carbons (Fsp3) is 0.444. The van der Waals surface area contributed by atoms with Crippen LogP contribution < -0.4 is 11.1 Å². The number of anilines is 1. The number of nitrogens with two attached hydrogens (primary N) is 1. The van der Waals surface area contributed by atoms with Crippen LogP contribution in [0.15, 0.2) is 18.3 Å². The summed E-state index contributed by atoms with van der Waals surface area (Å²) in [6.45, 7) is 1.92. The van der Waals surface area contributed by atoms with Crippen LogP contribution in [0.4, 0.5) is 5.82 Å². The van der Waals surface area contributed by atoms with Gasteiger partial charge in [0.1, 0.15) is 5.82 Å². The molecule has 72 valence electrons. The first-order chi connectivity index (χ1) is 6.38. The van der Waals surface area contributed by atoms with Crippen LogP contribution in [0.1, 0.15) is 5.56 Å². The molecular weight excluding hydrogens is 166 g/mol. The molecule has 0 aromatic carbocycles. The highest BCUT2D eigenvalue weighted by Gasteiger charge is 1.98. The number of hydrogen-bond acceptors (Lipinski definition) is 4. The Kier molecular flexibility index (Phi) is 4.21. The number of nitrogens with zero attached hydrogens (tertiary/aromatic N) is 1. The largest absolute Gasteiger partial charge is 0.383 e. The molecule has 0 radical (unpaired) electrons. The zero-order valence-corrected chi connectivity index (χ0v) is 7.79. The lowest BCUT2D eigenvalue weighted by atomic mass is 10.2. The summed E-state index contributed by atoms with van der Waals surface area (Å²) in [5.41, 5.74) is 6.57. The third-order valence-electron chi connectivity index (χ3n) is 1.71. The van der Waals surface area contributed by atoms with Crippen molar-refractivity contribution in [2.75, 3.05) is 25.6 Å². The lowest BCUT2D eigenvalue weighted by Gasteiger charge is -2.08. The van der Waals surface area contributed by atoms with Gasteiger partial charge in [0, 0.05) is 32.0 Å². The van der Waals surface area contributed by atoms with E-state index < -0.39 is 0 Å². The van der Waals surface area contributed by atoms with E-state index in [2.05, 4.69) is 10.3 Å². The summed E-state index contributed by atoms with van der Waals surface area (Å²) in [4.78, 5) is 4.17. The van der Waals surface area contributed by atoms with Crippen LogP contribution in [0.2, 0.25) is 0 Å². The van der Waals surface area contributed by atoms with Gasteiger partial charge in [-0.15, -0.1) is 0 Å². The van der Waals surface area contributed by atoms with E-state index in [9.17, 15) is 0 Å². The van der Waals surface area contributed by atoms with Crippen LogP contribution in [0.25, 0.3) is 0 Å². The molecular formula is C9H15N3O. The van der Waals surface area contributed by atoms with Crippen molar-refractivity contribution in [1.29, 1.82) is 0 Å². The van der Waals surface area contributed by atoms with Crippen LogP contribution in [0.5, 0.6) is 0 Å². The maximum Gasteiger partial charge on any atom is 0.130 e. The van der Waals surface area contributed by atoms with Gasteiger partial charge in [-0.25, -0.2) is 4.98 Å². The van der Waals surface area contributed by atoms with E-state index in [1.807, 2.05) is 12.1 Å². The summed E-state index contributed by atoms with van der Waals surface area (Å²) in [6.07, 6.45) is 1.74. The molecule has 1 rings (SSSR count). The lowest BCUT2D eigenvalue weighted by molar-refractivity contribution is 0.210. The molecule has 4 heteroatoms. The Bertz CT molecular complexity index is 252. The minimum Gasteiger partial charge on any atom is -0.383 e. The van der Waals surface area contributed by atoms with E-state index in [-0.39, 0.29) is 0 Å². The van der Waals surface area contributed by atoms with E-state index >= 15 is 0 Å². The van der Waals surface area contributed by atoms with Gasteiger partial charge in [-0.2, -0.15) is 0 Å². The zero-order chi connectivity index (χ0) is 9.52. The van der Waals surface area contributed by atoms with Crippen molar-refractivity contribution in [2.24, 2.45) is 5.73 Å². The van der Waals surface area contributed by atoms with Crippen molar-refractivity contribution in [3.05, 3.63) is 23.9 Å². The van der Waals surface area contributed by atoms with E-state index in [0.717, 1.165) is 17.9 Å². The minimum absolute atomic E-state index is 0.503. The van der Waals surface area contributed by atoms with Crippen LogP contribution in [-0.4, -0.2) is 25.2 Å². The highest BCUT2D eigenvalue weighted by molar-refractivity contribution is 5.43. The van der Waals surface area contributed by atoms with Crippen LogP contribution in [0, 0.1) is 0 Å². The average molecular weight is 181 g/mol. The molecule has 0 atom stereocenters. The smallest absolute Gasteiger partial charge is 0.130 e. The van der Waals surface area contributed by atoms with Crippen LogP contribution in [0.3, 0.4) is 0 Å². The molecule has 0 aliphatic carbocycles. The molecule has 4 nitrogen and oxygen atoms in total. The second-order valence-electron chi connectivity index (χ2n) is 2.63. The summed E-state index contributed by atoms with van der Waals surface area (Å²) in [7, 11) is 1.67. The van der Waals surface area contributed by atoms with Crippen molar-refractivity contribution < 1.29 is 4.74 Å². The molecule has 0 unspecified atom stereocenters. The van der Waals surface area contributed by atoms with E-state index in [4.69, 9.17) is 10.5 Å². The molecule has 0 aliphatic rings. The van der Waals surface area contributed by atoms with Crippen molar-refractivity contribution in [3.63, 3.8) is 0 Å². The van der Waals surface area contributed by atoms with Gasteiger partial charge in [0.05, 0.1) is 6.61 Å². The van der Waals surface area contributed by atoms with E-state index in [0.29, 0.717) is 13.2 Å². The standard InChI is InChI=1S/C9H15N3O/c1-13-6-5-12-9-8(7-10)3-2-4-11-9/h2-4H,5-7,10H2,1H3,(H,11,12). The molecule has 1 aromatic rings. The Morgan fingerprint density at radius 2 is 2.46 bits per heavy atom. The van der Waals surface area contributed by atoms with Gasteiger partial charge in [0.25, 0.3) is 0 Å². The monoisotopic (exact) mass is 181 g/mol. The molecule has 1 aromatic heterocycles. The predicted molar refractivity (Wildman–Crippen MR) is 52.5 cm³/mol. The Labute approximate surface area is 78.1 Å². The third kappa shape index (κ3) is 3.01. The molecule has 0 spiro atoms. The summed E-state index contributed by atoms with van der Waals surface area (Å²) >= 11 is 0. The van der Waals surface area contributed by atoms with Gasteiger partial charge in [-0.1, -0.05) is 6.07 Å². The topological polar surface area (TPSA) is 60.2 Å². The maximum absolute atomic E-state index is 5.54. The molecule has 0 aliphatic heterocycles. The van der Waals surface area contributed by atoms with Crippen molar-refractivity contribution >= 4 is 5.82 Å². The van der Waals surface area contributed by atoms with Crippen LogP contribution >= 0.6 is 0 Å². The summed E-state index contributed by atoms with van der Waals surface area (Å²) < 4.78 is 4.92. The Hall–Kier alpha value is -1.13. The molecule has 3 N–H and O–H groups in total. The van der Waals surface area contributed by atoms with E-state index in [1.165, 1.54) is 0 Å². The second-order valence-corrected chi connectivity index (χ2v) is 2.63. The number of methoxy groups -OCH3 is 1. The van der Waals surface area contributed by atoms with Crippen LogP contribution in [-0.2, 0) is 11.3 Å². The van der Waals surface area contributed by atoms with Gasteiger partial charge in [-0.3, -0.25) is 0 Å². The average Bonchev–Trinajstić information content (AvgIpc) is 2.19. The normalized spacial score (nSPS) is 10.0. The van der Waals surface area contributed by atoms with Crippen molar-refractivity contribution in [2.45, 2.75) is 6.54 Å². The number of aromatic nitrogens is 1. The van der Waals surface area contributed by atoms with Gasteiger partial charge in [0.15, 0.2) is 0 Å². The van der Waals surface area contributed by atoms with Gasteiger partial charge in [0.2, 0.25) is 0 Å². The first kappa shape index (κ1) is 9.95. The fourth-order valence-electron chi connectivity index (χ4n) is 1.03. The molecule has 0 saturated heterocycles. The maximum atomic E-state index is 5.54. The highest BCUT2D eigenvalue weighted by Crippen LogP contribution is 2.09. The third-order valence-corrected chi connectivity index (χ3v) is 1.71. The van der Waals surface area contributed by atoms with Gasteiger partial charge >= 0.3 is 0 Å². The fourth-order valence-corrected chi connectivity index (χ4v) is 1.03. The molecule has 0 amide bonds. The Morgan fingerprint density at radius 1 is 1.62 bits per heavy atom. The first-order valence-corrected chi connectivity index (χ1v) is 4.25.